The Bertz CT molecular complexity index is 1260. The predicted molar refractivity (Wildman–Crippen MR) is 142 cm³/mol. The van der Waals surface area contributed by atoms with Crippen molar-refractivity contribution in [1.82, 2.24) is 15.2 Å². The molecule has 3 aromatic rings. The van der Waals surface area contributed by atoms with Crippen molar-refractivity contribution in [3.05, 3.63) is 65.9 Å². The first-order chi connectivity index (χ1) is 18.4. The molecule has 1 aliphatic carbocycles. The van der Waals surface area contributed by atoms with Crippen molar-refractivity contribution in [3.8, 4) is 0 Å². The number of aromatic nitrogens is 1. The first kappa shape index (κ1) is 26.2. The highest BCUT2D eigenvalue weighted by Gasteiger charge is 2.36. The van der Waals surface area contributed by atoms with E-state index in [9.17, 15) is 18.4 Å². The molecule has 9 heteroatoms. The minimum absolute atomic E-state index is 0.0319. The number of aromatic amines is 1. The van der Waals surface area contributed by atoms with E-state index in [1.165, 1.54) is 18.1 Å². The maximum Gasteiger partial charge on any atom is 0.323 e. The zero-order chi connectivity index (χ0) is 26.6. The van der Waals surface area contributed by atoms with E-state index in [2.05, 4.69) is 40.0 Å². The fraction of sp³-hybridized carbons (Fsp3) is 0.448. The normalized spacial score (nSPS) is 21.3. The van der Waals surface area contributed by atoms with Crippen LogP contribution in [0.3, 0.4) is 0 Å². The van der Waals surface area contributed by atoms with Gasteiger partial charge in [-0.2, -0.15) is 0 Å². The number of esters is 1. The topological polar surface area (TPSA) is 86.5 Å². The molecule has 0 radical (unpaired) electrons. The molecular formula is C29H34F2N4O3. The average Bonchev–Trinajstić information content (AvgIpc) is 3.35. The Hall–Kier alpha value is -3.46. The number of hydrogen-bond acceptors (Lipinski definition) is 4. The number of anilines is 1. The van der Waals surface area contributed by atoms with Gasteiger partial charge in [0.05, 0.1) is 7.11 Å². The number of ether oxygens (including phenoxy) is 1. The molecule has 2 aromatic carbocycles. The molecule has 2 fully saturated rings. The van der Waals surface area contributed by atoms with Crippen molar-refractivity contribution in [3.63, 3.8) is 0 Å². The Labute approximate surface area is 220 Å². The van der Waals surface area contributed by atoms with Gasteiger partial charge < -0.3 is 25.3 Å². The van der Waals surface area contributed by atoms with Crippen LogP contribution in [0.25, 0.3) is 10.9 Å². The molecule has 0 spiro atoms. The van der Waals surface area contributed by atoms with Crippen molar-refractivity contribution < 1.29 is 23.1 Å². The third-order valence-corrected chi connectivity index (χ3v) is 8.07. The number of methoxy groups -OCH3 is 1. The van der Waals surface area contributed by atoms with Crippen LogP contribution in [0.4, 0.5) is 19.3 Å². The average molecular weight is 525 g/mol. The summed E-state index contributed by atoms with van der Waals surface area (Å²) >= 11 is 0. The molecule has 3 N–H and O–H groups in total. The maximum atomic E-state index is 13.5. The number of carbonyl (C=O) groups is 2. The number of hydrogen-bond donors (Lipinski definition) is 3. The highest BCUT2D eigenvalue weighted by atomic mass is 19.1. The number of urea groups is 1. The molecule has 1 atom stereocenters. The Morgan fingerprint density at radius 3 is 2.37 bits per heavy atom. The lowest BCUT2D eigenvalue weighted by atomic mass is 9.80. The van der Waals surface area contributed by atoms with Crippen molar-refractivity contribution in [1.29, 1.82) is 0 Å². The summed E-state index contributed by atoms with van der Waals surface area (Å²) < 4.78 is 32.1. The number of carbonyl (C=O) groups excluding carboxylic acids is 2. The molecule has 38 heavy (non-hydrogen) atoms. The SMILES string of the molecule is COC(=O)C(NC1CCC(c2c[nH]c3ccccc23)CC1)C1CCN(C(=O)Nc2cc(F)cc(F)c2)CC1. The Kier molecular flexibility index (Phi) is 7.93. The number of halogens is 2. The summed E-state index contributed by atoms with van der Waals surface area (Å²) in [5.74, 6) is -1.25. The van der Waals surface area contributed by atoms with Gasteiger partial charge >= 0.3 is 12.0 Å². The number of fused-ring (bicyclic) bond motifs is 1. The van der Waals surface area contributed by atoms with Gasteiger partial charge in [0, 0.05) is 48.0 Å². The van der Waals surface area contributed by atoms with Gasteiger partial charge in [0.25, 0.3) is 0 Å². The number of nitrogens with zero attached hydrogens (tertiary/aromatic N) is 1. The summed E-state index contributed by atoms with van der Waals surface area (Å²) in [4.78, 5) is 30.4. The van der Waals surface area contributed by atoms with Crippen molar-refractivity contribution in [2.24, 2.45) is 5.92 Å². The Morgan fingerprint density at radius 2 is 1.68 bits per heavy atom. The molecule has 2 aliphatic rings. The molecular weight excluding hydrogens is 490 g/mol. The quantitative estimate of drug-likeness (QED) is 0.369. The van der Waals surface area contributed by atoms with Gasteiger partial charge in [0.15, 0.2) is 0 Å². The van der Waals surface area contributed by atoms with Crippen LogP contribution in [0.5, 0.6) is 0 Å². The van der Waals surface area contributed by atoms with E-state index >= 15 is 0 Å². The van der Waals surface area contributed by atoms with Crippen LogP contribution in [0, 0.1) is 17.6 Å². The van der Waals surface area contributed by atoms with Gasteiger partial charge in [-0.05, 0) is 74.1 Å². The van der Waals surface area contributed by atoms with E-state index in [1.807, 2.05) is 6.07 Å². The summed E-state index contributed by atoms with van der Waals surface area (Å²) in [5.41, 5.74) is 2.61. The summed E-state index contributed by atoms with van der Waals surface area (Å²) in [6.45, 7) is 0.882. The molecule has 1 saturated carbocycles. The lowest BCUT2D eigenvalue weighted by Gasteiger charge is -2.38. The van der Waals surface area contributed by atoms with Gasteiger partial charge in [-0.3, -0.25) is 4.79 Å². The number of benzene rings is 2. The van der Waals surface area contributed by atoms with E-state index in [1.54, 1.807) is 4.90 Å². The third-order valence-electron chi connectivity index (χ3n) is 8.07. The second-order valence-electron chi connectivity index (χ2n) is 10.4. The van der Waals surface area contributed by atoms with Gasteiger partial charge in [-0.1, -0.05) is 18.2 Å². The molecule has 202 valence electrons. The monoisotopic (exact) mass is 524 g/mol. The number of para-hydroxylation sites is 1. The fourth-order valence-corrected chi connectivity index (χ4v) is 6.04. The zero-order valence-electron chi connectivity index (χ0n) is 21.5. The molecule has 7 nitrogen and oxygen atoms in total. The van der Waals surface area contributed by atoms with Crippen molar-refractivity contribution in [2.75, 3.05) is 25.5 Å². The lowest BCUT2D eigenvalue weighted by molar-refractivity contribution is -0.145. The number of likely N-dealkylation sites (tertiary alicyclic amines) is 1. The number of piperidine rings is 1. The van der Waals surface area contributed by atoms with Crippen molar-refractivity contribution in [2.45, 2.75) is 56.5 Å². The molecule has 5 rings (SSSR count). The van der Waals surface area contributed by atoms with Crippen LogP contribution in [0.1, 0.15) is 50.0 Å². The summed E-state index contributed by atoms with van der Waals surface area (Å²) in [7, 11) is 1.41. The van der Waals surface area contributed by atoms with E-state index < -0.39 is 23.7 Å². The zero-order valence-corrected chi connectivity index (χ0v) is 21.5. The van der Waals surface area contributed by atoms with Gasteiger partial charge in [0.2, 0.25) is 0 Å². The van der Waals surface area contributed by atoms with Crippen molar-refractivity contribution >= 4 is 28.6 Å². The highest BCUT2D eigenvalue weighted by molar-refractivity contribution is 5.89. The van der Waals surface area contributed by atoms with Gasteiger partial charge in [-0.25, -0.2) is 13.6 Å². The summed E-state index contributed by atoms with van der Waals surface area (Å²) in [5, 5.41) is 7.44. The molecule has 1 aliphatic heterocycles. The van der Waals surface area contributed by atoms with Crippen LogP contribution >= 0.6 is 0 Å². The molecule has 2 amide bonds. The highest BCUT2D eigenvalue weighted by Crippen LogP contribution is 2.37. The Balaban J connectivity index is 1.15. The van der Waals surface area contributed by atoms with Gasteiger partial charge in [-0.15, -0.1) is 0 Å². The minimum Gasteiger partial charge on any atom is -0.468 e. The van der Waals surface area contributed by atoms with E-state index in [0.29, 0.717) is 31.8 Å². The third kappa shape index (κ3) is 5.83. The second kappa shape index (κ2) is 11.5. The standard InChI is InChI=1S/C29H34F2N4O3/c1-38-28(36)27(19-10-12-35(13-11-19)29(37)34-23-15-20(30)14-21(31)16-23)33-22-8-6-18(7-9-22)25-17-32-26-5-3-2-4-24(25)26/h2-5,14-19,22,27,32-33H,6-13H2,1H3,(H,34,37). The smallest absolute Gasteiger partial charge is 0.323 e. The lowest BCUT2D eigenvalue weighted by Crippen LogP contribution is -2.52. The Morgan fingerprint density at radius 1 is 1.00 bits per heavy atom. The molecule has 1 saturated heterocycles. The summed E-state index contributed by atoms with van der Waals surface area (Å²) in [6.07, 6.45) is 7.44. The first-order valence-corrected chi connectivity index (χ1v) is 13.3. The molecule has 2 heterocycles. The number of H-pyrrole nitrogens is 1. The molecule has 1 unspecified atom stereocenters. The van der Waals surface area contributed by atoms with E-state index in [0.717, 1.165) is 49.4 Å². The summed E-state index contributed by atoms with van der Waals surface area (Å²) in [6, 6.07) is 10.7. The maximum absolute atomic E-state index is 13.5. The predicted octanol–water partition coefficient (Wildman–Crippen LogP) is 5.55. The van der Waals surface area contributed by atoms with Crippen LogP contribution < -0.4 is 10.6 Å². The number of nitrogens with one attached hydrogen (secondary N) is 3. The second-order valence-corrected chi connectivity index (χ2v) is 10.4. The van der Waals surface area contributed by atoms with Gasteiger partial charge in [0.1, 0.15) is 17.7 Å². The first-order valence-electron chi connectivity index (χ1n) is 13.3. The fourth-order valence-electron chi connectivity index (χ4n) is 6.04. The largest absolute Gasteiger partial charge is 0.468 e. The van der Waals surface area contributed by atoms with Crippen LogP contribution in [-0.4, -0.2) is 54.2 Å². The number of rotatable bonds is 6. The van der Waals surface area contributed by atoms with Crippen LogP contribution in [0.2, 0.25) is 0 Å². The van der Waals surface area contributed by atoms with E-state index in [-0.39, 0.29) is 23.6 Å². The molecule has 1 aromatic heterocycles. The van der Waals surface area contributed by atoms with Crippen LogP contribution in [0.15, 0.2) is 48.7 Å². The van der Waals surface area contributed by atoms with Crippen LogP contribution in [-0.2, 0) is 9.53 Å². The molecule has 0 bridgehead atoms. The number of amides is 2. The van der Waals surface area contributed by atoms with E-state index in [4.69, 9.17) is 4.74 Å². The minimum atomic E-state index is -0.749.